The van der Waals surface area contributed by atoms with Gasteiger partial charge >= 0.3 is 0 Å². The summed E-state index contributed by atoms with van der Waals surface area (Å²) in [6.07, 6.45) is 3.45. The predicted octanol–water partition coefficient (Wildman–Crippen LogP) is 3.43. The van der Waals surface area contributed by atoms with Crippen LogP contribution in [0.3, 0.4) is 0 Å². The number of nitrogens with one attached hydrogen (secondary N) is 1. The molecule has 0 amide bonds. The number of halogens is 2. The second-order valence-electron chi connectivity index (χ2n) is 5.17. The van der Waals surface area contributed by atoms with Crippen molar-refractivity contribution in [2.45, 2.75) is 38.3 Å². The predicted molar refractivity (Wildman–Crippen MR) is 70.9 cm³/mol. The van der Waals surface area contributed by atoms with E-state index in [2.05, 4.69) is 5.32 Å². The first-order valence-electron chi connectivity index (χ1n) is 6.87. The Morgan fingerprint density at radius 3 is 2.63 bits per heavy atom. The Bertz CT molecular complexity index is 419. The lowest BCUT2D eigenvalue weighted by Gasteiger charge is -2.37. The average molecular weight is 269 g/mol. The molecule has 2 rings (SSSR count). The summed E-state index contributed by atoms with van der Waals surface area (Å²) < 4.78 is 31.7. The van der Waals surface area contributed by atoms with E-state index in [0.717, 1.165) is 31.4 Å². The molecule has 0 radical (unpaired) electrons. The molecule has 106 valence electrons. The molecule has 1 aliphatic carbocycles. The summed E-state index contributed by atoms with van der Waals surface area (Å²) >= 11 is 0. The Morgan fingerprint density at radius 2 is 2.05 bits per heavy atom. The summed E-state index contributed by atoms with van der Waals surface area (Å²) in [6.45, 7) is 2.76. The molecule has 1 aromatic rings. The van der Waals surface area contributed by atoms with Gasteiger partial charge in [-0.3, -0.25) is 0 Å². The lowest BCUT2D eigenvalue weighted by molar-refractivity contribution is -0.0289. The lowest BCUT2D eigenvalue weighted by atomic mass is 9.77. The van der Waals surface area contributed by atoms with E-state index in [1.54, 1.807) is 6.07 Å². The van der Waals surface area contributed by atoms with Gasteiger partial charge in [0.1, 0.15) is 0 Å². The van der Waals surface area contributed by atoms with Crippen LogP contribution in [0.2, 0.25) is 0 Å². The molecule has 19 heavy (non-hydrogen) atoms. The van der Waals surface area contributed by atoms with Gasteiger partial charge in [0.15, 0.2) is 11.6 Å². The van der Waals surface area contributed by atoms with Crippen LogP contribution in [0.15, 0.2) is 18.2 Å². The largest absolute Gasteiger partial charge is 0.378 e. The molecule has 2 nitrogen and oxygen atoms in total. The first-order chi connectivity index (χ1) is 9.13. The maximum Gasteiger partial charge on any atom is 0.159 e. The van der Waals surface area contributed by atoms with Gasteiger partial charge in [-0.25, -0.2) is 8.78 Å². The van der Waals surface area contributed by atoms with E-state index >= 15 is 0 Å². The van der Waals surface area contributed by atoms with Crippen molar-refractivity contribution in [3.8, 4) is 0 Å². The molecule has 0 spiro atoms. The zero-order valence-electron chi connectivity index (χ0n) is 11.5. The molecule has 4 heteroatoms. The number of ether oxygens (including phenoxy) is 1. The maximum absolute atomic E-state index is 13.2. The number of rotatable bonds is 6. The van der Waals surface area contributed by atoms with E-state index < -0.39 is 11.6 Å². The first kappa shape index (κ1) is 14.4. The summed E-state index contributed by atoms with van der Waals surface area (Å²) in [4.78, 5) is 0. The van der Waals surface area contributed by atoms with Crippen LogP contribution >= 0.6 is 0 Å². The van der Waals surface area contributed by atoms with Crippen molar-refractivity contribution in [2.75, 3.05) is 13.7 Å². The Labute approximate surface area is 113 Å². The molecule has 1 fully saturated rings. The van der Waals surface area contributed by atoms with Gasteiger partial charge in [-0.1, -0.05) is 6.07 Å². The van der Waals surface area contributed by atoms with E-state index in [1.165, 1.54) is 12.1 Å². The summed E-state index contributed by atoms with van der Waals surface area (Å²) in [5, 5.41) is 3.18. The van der Waals surface area contributed by atoms with Crippen molar-refractivity contribution in [3.63, 3.8) is 0 Å². The maximum atomic E-state index is 13.2. The SMILES string of the molecule is CCOC1CC(CC(NC)c2ccc(F)c(F)c2)C1. The van der Waals surface area contributed by atoms with Gasteiger partial charge in [0.25, 0.3) is 0 Å². The molecule has 0 aliphatic heterocycles. The van der Waals surface area contributed by atoms with Crippen molar-refractivity contribution in [1.82, 2.24) is 5.32 Å². The third-order valence-corrected chi connectivity index (χ3v) is 3.86. The number of hydrogen-bond acceptors (Lipinski definition) is 2. The summed E-state index contributed by atoms with van der Waals surface area (Å²) in [5.74, 6) is -0.973. The molecule has 0 heterocycles. The van der Waals surface area contributed by atoms with Gasteiger partial charge in [-0.15, -0.1) is 0 Å². The molecular formula is C15H21F2NO. The van der Waals surface area contributed by atoms with Crippen LogP contribution < -0.4 is 5.32 Å². The molecule has 0 bridgehead atoms. The van der Waals surface area contributed by atoms with E-state index in [-0.39, 0.29) is 6.04 Å². The van der Waals surface area contributed by atoms with Crippen LogP contribution in [0.1, 0.15) is 37.8 Å². The molecule has 1 aromatic carbocycles. The lowest BCUT2D eigenvalue weighted by Crippen LogP contribution is -2.34. The number of benzene rings is 1. The highest BCUT2D eigenvalue weighted by molar-refractivity contribution is 5.21. The Balaban J connectivity index is 1.92. The first-order valence-corrected chi connectivity index (χ1v) is 6.87. The fraction of sp³-hybridized carbons (Fsp3) is 0.600. The molecule has 1 aliphatic rings. The minimum Gasteiger partial charge on any atom is -0.378 e. The van der Waals surface area contributed by atoms with Gasteiger partial charge in [0, 0.05) is 12.6 Å². The molecule has 1 saturated carbocycles. The van der Waals surface area contributed by atoms with E-state index in [0.29, 0.717) is 12.0 Å². The van der Waals surface area contributed by atoms with Crippen molar-refractivity contribution in [2.24, 2.45) is 5.92 Å². The van der Waals surface area contributed by atoms with Crippen LogP contribution in [0.4, 0.5) is 8.78 Å². The second-order valence-corrected chi connectivity index (χ2v) is 5.17. The van der Waals surface area contributed by atoms with Crippen molar-refractivity contribution < 1.29 is 13.5 Å². The fourth-order valence-corrected chi connectivity index (χ4v) is 2.72. The van der Waals surface area contributed by atoms with Crippen LogP contribution in [0.25, 0.3) is 0 Å². The molecule has 1 atom stereocenters. The molecule has 0 saturated heterocycles. The third kappa shape index (κ3) is 3.51. The Hall–Kier alpha value is -1.00. The van der Waals surface area contributed by atoms with Gasteiger partial charge in [-0.05, 0) is 56.8 Å². The zero-order chi connectivity index (χ0) is 13.8. The number of hydrogen-bond donors (Lipinski definition) is 1. The topological polar surface area (TPSA) is 21.3 Å². The van der Waals surface area contributed by atoms with Crippen molar-refractivity contribution >= 4 is 0 Å². The third-order valence-electron chi connectivity index (χ3n) is 3.86. The molecular weight excluding hydrogens is 248 g/mol. The second kappa shape index (κ2) is 6.44. The fourth-order valence-electron chi connectivity index (χ4n) is 2.72. The van der Waals surface area contributed by atoms with Gasteiger partial charge < -0.3 is 10.1 Å². The smallest absolute Gasteiger partial charge is 0.159 e. The summed E-state index contributed by atoms with van der Waals surface area (Å²) in [6, 6.07) is 4.20. The van der Waals surface area contributed by atoms with Crippen LogP contribution in [-0.4, -0.2) is 19.8 Å². The van der Waals surface area contributed by atoms with E-state index in [1.807, 2.05) is 14.0 Å². The van der Waals surface area contributed by atoms with Crippen LogP contribution in [0, 0.1) is 17.6 Å². The highest BCUT2D eigenvalue weighted by atomic mass is 19.2. The normalized spacial score (nSPS) is 24.0. The Morgan fingerprint density at radius 1 is 1.32 bits per heavy atom. The van der Waals surface area contributed by atoms with Crippen molar-refractivity contribution in [3.05, 3.63) is 35.4 Å². The summed E-state index contributed by atoms with van der Waals surface area (Å²) in [5.41, 5.74) is 0.807. The highest BCUT2D eigenvalue weighted by Crippen LogP contribution is 2.37. The van der Waals surface area contributed by atoms with Crippen LogP contribution in [-0.2, 0) is 4.74 Å². The minimum atomic E-state index is -0.793. The molecule has 1 N–H and O–H groups in total. The van der Waals surface area contributed by atoms with E-state index in [4.69, 9.17) is 4.74 Å². The highest BCUT2D eigenvalue weighted by Gasteiger charge is 2.31. The quantitative estimate of drug-likeness (QED) is 0.854. The van der Waals surface area contributed by atoms with E-state index in [9.17, 15) is 8.78 Å². The average Bonchev–Trinajstić information content (AvgIpc) is 2.36. The van der Waals surface area contributed by atoms with Gasteiger partial charge in [-0.2, -0.15) is 0 Å². The van der Waals surface area contributed by atoms with Gasteiger partial charge in [0.2, 0.25) is 0 Å². The Kier molecular flexibility index (Phi) is 4.88. The minimum absolute atomic E-state index is 0.0719. The van der Waals surface area contributed by atoms with Crippen molar-refractivity contribution in [1.29, 1.82) is 0 Å². The van der Waals surface area contributed by atoms with Gasteiger partial charge in [0.05, 0.1) is 6.10 Å². The standard InChI is InChI=1S/C15H21F2NO/c1-3-19-12-6-10(7-12)8-15(18-2)11-4-5-13(16)14(17)9-11/h4-5,9-10,12,15,18H,3,6-8H2,1-2H3. The monoisotopic (exact) mass is 269 g/mol. The summed E-state index contributed by atoms with van der Waals surface area (Å²) in [7, 11) is 1.85. The van der Waals surface area contributed by atoms with Crippen LogP contribution in [0.5, 0.6) is 0 Å². The zero-order valence-corrected chi connectivity index (χ0v) is 11.5. The molecule has 1 unspecified atom stereocenters. The molecule has 0 aromatic heterocycles.